The molecule has 3 rings (SSSR count). The van der Waals surface area contributed by atoms with Crippen LogP contribution in [0.15, 0.2) is 18.2 Å². The number of hydrogen-bond donors (Lipinski definition) is 1. The van der Waals surface area contributed by atoms with Crippen LogP contribution in [0.5, 0.6) is 11.5 Å². The molecular weight excluding hydrogens is 340 g/mol. The van der Waals surface area contributed by atoms with Crippen LogP contribution in [0.4, 0.5) is 5.13 Å². The molecule has 0 atom stereocenters. The Hall–Kier alpha value is -2.61. The van der Waals surface area contributed by atoms with E-state index in [0.29, 0.717) is 22.3 Å². The Morgan fingerprint density at radius 3 is 2.48 bits per heavy atom. The molecule has 1 aromatic carbocycles. The molecule has 2 aromatic heterocycles. The summed E-state index contributed by atoms with van der Waals surface area (Å²) < 4.78 is 12.6. The smallest absolute Gasteiger partial charge is 0.274 e. The molecule has 0 fully saturated rings. The maximum Gasteiger partial charge on any atom is 0.274 e. The summed E-state index contributed by atoms with van der Waals surface area (Å²) in [6, 6.07) is 5.43. The van der Waals surface area contributed by atoms with E-state index in [1.807, 2.05) is 33.0 Å². The highest BCUT2D eigenvalue weighted by Crippen LogP contribution is 2.35. The SMILES string of the molecule is COc1ccc(OC)c2c1cc(C(=O)Nc1nnc(C(C)C)s1)n2C. The molecule has 0 saturated heterocycles. The lowest BCUT2D eigenvalue weighted by atomic mass is 10.2. The maximum atomic E-state index is 12.7. The van der Waals surface area contributed by atoms with Gasteiger partial charge in [0, 0.05) is 18.4 Å². The summed E-state index contributed by atoms with van der Waals surface area (Å²) >= 11 is 1.38. The van der Waals surface area contributed by atoms with Gasteiger partial charge in [0.2, 0.25) is 5.13 Å². The van der Waals surface area contributed by atoms with E-state index in [1.54, 1.807) is 24.9 Å². The van der Waals surface area contributed by atoms with Gasteiger partial charge in [-0.25, -0.2) is 0 Å². The molecule has 8 heteroatoms. The number of methoxy groups -OCH3 is 2. The van der Waals surface area contributed by atoms with Crippen LogP contribution in [0.3, 0.4) is 0 Å². The zero-order valence-corrected chi connectivity index (χ0v) is 15.6. The molecule has 2 heterocycles. The predicted octanol–water partition coefficient (Wildman–Crippen LogP) is 3.42. The number of carbonyl (C=O) groups excluding carboxylic acids is 1. The summed E-state index contributed by atoms with van der Waals surface area (Å²) in [7, 11) is 5.02. The molecule has 0 aliphatic heterocycles. The topological polar surface area (TPSA) is 78.3 Å². The van der Waals surface area contributed by atoms with E-state index in [0.717, 1.165) is 15.9 Å². The van der Waals surface area contributed by atoms with Crippen molar-refractivity contribution >= 4 is 33.3 Å². The second kappa shape index (κ2) is 6.72. The monoisotopic (exact) mass is 360 g/mol. The number of nitrogens with one attached hydrogen (secondary N) is 1. The first kappa shape index (κ1) is 17.2. The minimum absolute atomic E-state index is 0.255. The molecule has 0 aliphatic carbocycles. The van der Waals surface area contributed by atoms with Crippen molar-refractivity contribution in [2.45, 2.75) is 19.8 Å². The zero-order chi connectivity index (χ0) is 18.1. The Morgan fingerprint density at radius 1 is 1.20 bits per heavy atom. The van der Waals surface area contributed by atoms with Crippen LogP contribution in [-0.4, -0.2) is 34.9 Å². The van der Waals surface area contributed by atoms with Crippen molar-refractivity contribution in [1.29, 1.82) is 0 Å². The van der Waals surface area contributed by atoms with Crippen molar-refractivity contribution in [2.75, 3.05) is 19.5 Å². The number of anilines is 1. The fourth-order valence-electron chi connectivity index (χ4n) is 2.65. The normalized spacial score (nSPS) is 11.1. The standard InChI is InChI=1S/C17H20N4O3S/c1-9(2)16-19-20-17(25-16)18-15(22)11-8-10-12(23-4)6-7-13(24-5)14(10)21(11)3/h6-9H,1-5H3,(H,18,20,22). The molecule has 0 radical (unpaired) electrons. The average molecular weight is 360 g/mol. The Labute approximate surface area is 149 Å². The maximum absolute atomic E-state index is 12.7. The molecule has 1 N–H and O–H groups in total. The van der Waals surface area contributed by atoms with Gasteiger partial charge in [-0.1, -0.05) is 25.2 Å². The third-order valence-electron chi connectivity index (χ3n) is 3.95. The molecule has 0 bridgehead atoms. The van der Waals surface area contributed by atoms with E-state index in [-0.39, 0.29) is 11.8 Å². The third-order valence-corrected chi connectivity index (χ3v) is 5.08. The number of ether oxygens (including phenoxy) is 2. The molecule has 3 aromatic rings. The Morgan fingerprint density at radius 2 is 1.88 bits per heavy atom. The highest BCUT2D eigenvalue weighted by molar-refractivity contribution is 7.15. The number of amides is 1. The predicted molar refractivity (Wildman–Crippen MR) is 98.0 cm³/mol. The van der Waals surface area contributed by atoms with Gasteiger partial charge in [0.15, 0.2) is 0 Å². The van der Waals surface area contributed by atoms with Gasteiger partial charge in [-0.2, -0.15) is 0 Å². The first-order valence-corrected chi connectivity index (χ1v) is 8.63. The van der Waals surface area contributed by atoms with Crippen LogP contribution < -0.4 is 14.8 Å². The van der Waals surface area contributed by atoms with Crippen molar-refractivity contribution < 1.29 is 14.3 Å². The lowest BCUT2D eigenvalue weighted by molar-refractivity contribution is 0.101. The number of carbonyl (C=O) groups is 1. The van der Waals surface area contributed by atoms with Crippen molar-refractivity contribution in [2.24, 2.45) is 7.05 Å². The lowest BCUT2D eigenvalue weighted by Gasteiger charge is -2.08. The minimum atomic E-state index is -0.255. The van der Waals surface area contributed by atoms with E-state index in [9.17, 15) is 4.79 Å². The van der Waals surface area contributed by atoms with Crippen LogP contribution >= 0.6 is 11.3 Å². The summed E-state index contributed by atoms with van der Waals surface area (Å²) in [5.41, 5.74) is 1.28. The van der Waals surface area contributed by atoms with E-state index in [2.05, 4.69) is 15.5 Å². The summed E-state index contributed by atoms with van der Waals surface area (Å²) in [6.07, 6.45) is 0. The number of fused-ring (bicyclic) bond motifs is 1. The summed E-state index contributed by atoms with van der Waals surface area (Å²) in [6.45, 7) is 4.07. The van der Waals surface area contributed by atoms with Gasteiger partial charge in [0.25, 0.3) is 5.91 Å². The van der Waals surface area contributed by atoms with Gasteiger partial charge < -0.3 is 14.0 Å². The quantitative estimate of drug-likeness (QED) is 0.754. The van der Waals surface area contributed by atoms with Crippen LogP contribution in [0.2, 0.25) is 0 Å². The molecule has 0 spiro atoms. The van der Waals surface area contributed by atoms with Crippen LogP contribution in [0, 0.1) is 0 Å². The first-order valence-electron chi connectivity index (χ1n) is 7.81. The Balaban J connectivity index is 2.00. The fourth-order valence-corrected chi connectivity index (χ4v) is 3.39. The highest BCUT2D eigenvalue weighted by Gasteiger charge is 2.20. The fraction of sp³-hybridized carbons (Fsp3) is 0.353. The largest absolute Gasteiger partial charge is 0.496 e. The molecule has 7 nitrogen and oxygen atoms in total. The molecule has 132 valence electrons. The van der Waals surface area contributed by atoms with Gasteiger partial charge >= 0.3 is 0 Å². The number of rotatable bonds is 5. The van der Waals surface area contributed by atoms with E-state index in [4.69, 9.17) is 9.47 Å². The van der Waals surface area contributed by atoms with Gasteiger partial charge in [-0.3, -0.25) is 10.1 Å². The van der Waals surface area contributed by atoms with Crippen molar-refractivity contribution in [3.8, 4) is 11.5 Å². The third kappa shape index (κ3) is 3.05. The second-order valence-electron chi connectivity index (χ2n) is 5.88. The van der Waals surface area contributed by atoms with Crippen LogP contribution in [-0.2, 0) is 7.05 Å². The van der Waals surface area contributed by atoms with Crippen molar-refractivity contribution in [3.63, 3.8) is 0 Å². The number of nitrogens with zero attached hydrogens (tertiary/aromatic N) is 3. The van der Waals surface area contributed by atoms with E-state index < -0.39 is 0 Å². The van der Waals surface area contributed by atoms with Crippen LogP contribution in [0.1, 0.15) is 35.3 Å². The highest BCUT2D eigenvalue weighted by atomic mass is 32.1. The molecule has 0 unspecified atom stereocenters. The van der Waals surface area contributed by atoms with Crippen molar-refractivity contribution in [3.05, 3.63) is 28.9 Å². The van der Waals surface area contributed by atoms with E-state index >= 15 is 0 Å². The average Bonchev–Trinajstić information content (AvgIpc) is 3.19. The second-order valence-corrected chi connectivity index (χ2v) is 6.88. The number of aromatic nitrogens is 3. The molecule has 1 amide bonds. The van der Waals surface area contributed by atoms with Crippen molar-refractivity contribution in [1.82, 2.24) is 14.8 Å². The van der Waals surface area contributed by atoms with Gasteiger partial charge in [0.1, 0.15) is 22.2 Å². The number of benzene rings is 1. The molecule has 25 heavy (non-hydrogen) atoms. The minimum Gasteiger partial charge on any atom is -0.496 e. The summed E-state index contributed by atoms with van der Waals surface area (Å²) in [5.74, 6) is 1.38. The summed E-state index contributed by atoms with van der Waals surface area (Å²) in [4.78, 5) is 12.7. The Bertz CT molecular complexity index is 930. The molecule has 0 saturated carbocycles. The van der Waals surface area contributed by atoms with Gasteiger partial charge in [0.05, 0.1) is 19.7 Å². The zero-order valence-electron chi connectivity index (χ0n) is 14.8. The Kier molecular flexibility index (Phi) is 4.63. The molecular formula is C17H20N4O3S. The van der Waals surface area contributed by atoms with E-state index in [1.165, 1.54) is 11.3 Å². The summed E-state index contributed by atoms with van der Waals surface area (Å²) in [5, 5.41) is 13.1. The number of aryl methyl sites for hydroxylation is 1. The number of hydrogen-bond acceptors (Lipinski definition) is 6. The van der Waals surface area contributed by atoms with Gasteiger partial charge in [-0.15, -0.1) is 10.2 Å². The molecule has 0 aliphatic rings. The lowest BCUT2D eigenvalue weighted by Crippen LogP contribution is -2.15. The first-order chi connectivity index (χ1) is 12.0. The van der Waals surface area contributed by atoms with Gasteiger partial charge in [-0.05, 0) is 18.2 Å². The van der Waals surface area contributed by atoms with Crippen LogP contribution in [0.25, 0.3) is 10.9 Å².